The minimum Gasteiger partial charge on any atom is -0.547 e. The fourth-order valence-electron chi connectivity index (χ4n) is 4.62. The summed E-state index contributed by atoms with van der Waals surface area (Å²) in [6, 6.07) is 0. The van der Waals surface area contributed by atoms with Gasteiger partial charge in [0.05, 0.1) is 49.6 Å². The largest absolute Gasteiger partial charge is 0.547 e. The molecule has 6 fully saturated rings. The van der Waals surface area contributed by atoms with E-state index in [2.05, 4.69) is 0 Å². The van der Waals surface area contributed by atoms with Gasteiger partial charge in [0.2, 0.25) is 0 Å². The van der Waals surface area contributed by atoms with Gasteiger partial charge in [-0.1, -0.05) is 0 Å². The maximum Gasteiger partial charge on any atom is 0.306 e. The van der Waals surface area contributed by atoms with Gasteiger partial charge in [0.25, 0.3) is 0 Å². The number of nitrogens with one attached hydrogen (secondary N) is 4. The Morgan fingerprint density at radius 3 is 0.500 bits per heavy atom. The molecule has 0 aromatic heterocycles. The third-order valence-corrected chi connectivity index (χ3v) is 7.55. The van der Waals surface area contributed by atoms with Crippen LogP contribution in [0.2, 0.25) is 0 Å². The topological polar surface area (TPSA) is 408 Å². The molecule has 300 valence electrons. The Labute approximate surface area is 295 Å². The van der Waals surface area contributed by atoms with E-state index in [1.165, 1.54) is 78.5 Å². The number of aliphatic hydroxyl groups excluding tert-OH is 4. The van der Waals surface area contributed by atoms with Crippen molar-refractivity contribution in [1.29, 1.82) is 0 Å². The Balaban J connectivity index is 0. The molecule has 0 saturated carbocycles. The molecular formula is C28H48N4O20. The standard InChI is InChI=1S/2C6H12N2.4C4H6O5/c2*1-2-8-5-3-7(1)4-6-8;4*5-2(4(8)9)1-3(6)7/h2*1-6H2;4*2,5H,1H2,(H,6,7)(H,8,9)/t;;4*2-/m..1111/s1. The number of fused-ring (bicyclic) bond motifs is 6. The summed E-state index contributed by atoms with van der Waals surface area (Å²) in [5.41, 5.74) is 0. The first-order valence-corrected chi connectivity index (χ1v) is 15.8. The molecule has 12 N–H and O–H groups in total. The number of carbonyl (C=O) groups excluding carboxylic acids is 4. The fraction of sp³-hybridized carbons (Fsp3) is 0.714. The number of piperazine rings is 6. The molecule has 6 rings (SSSR count). The van der Waals surface area contributed by atoms with Gasteiger partial charge in [0, 0.05) is 0 Å². The Morgan fingerprint density at radius 1 is 0.346 bits per heavy atom. The second-order valence-electron chi connectivity index (χ2n) is 11.7. The van der Waals surface area contributed by atoms with Crippen LogP contribution in [0.4, 0.5) is 0 Å². The number of carboxylic acids is 8. The van der Waals surface area contributed by atoms with E-state index in [1.807, 2.05) is 19.6 Å². The number of aliphatic carboxylic acids is 8. The zero-order valence-corrected chi connectivity index (χ0v) is 28.1. The molecule has 0 amide bonds. The van der Waals surface area contributed by atoms with Gasteiger partial charge in [0.15, 0.2) is 0 Å². The van der Waals surface area contributed by atoms with Crippen LogP contribution in [-0.2, 0) is 38.4 Å². The summed E-state index contributed by atoms with van der Waals surface area (Å²) in [5.74, 6) is -12.5. The van der Waals surface area contributed by atoms with E-state index in [9.17, 15) is 58.8 Å². The van der Waals surface area contributed by atoms with Crippen LogP contribution in [0.5, 0.6) is 0 Å². The molecule has 0 aromatic carbocycles. The highest BCUT2D eigenvalue weighted by Crippen LogP contribution is 1.89. The van der Waals surface area contributed by atoms with Crippen LogP contribution in [0.3, 0.4) is 0 Å². The number of carboxylic acid groups (broad SMARTS) is 8. The molecule has 4 bridgehead atoms. The monoisotopic (exact) mass is 760 g/mol. The van der Waals surface area contributed by atoms with Gasteiger partial charge in [-0.3, -0.25) is 19.2 Å². The van der Waals surface area contributed by atoms with Crippen LogP contribution in [0.25, 0.3) is 0 Å². The van der Waals surface area contributed by atoms with Crippen molar-refractivity contribution in [1.82, 2.24) is 0 Å². The van der Waals surface area contributed by atoms with Gasteiger partial charge in [-0.2, -0.15) is 0 Å². The molecular weight excluding hydrogens is 712 g/mol. The van der Waals surface area contributed by atoms with Crippen molar-refractivity contribution in [3.05, 3.63) is 0 Å². The van der Waals surface area contributed by atoms with Gasteiger partial charge in [0.1, 0.15) is 103 Å². The van der Waals surface area contributed by atoms with Crippen molar-refractivity contribution in [2.45, 2.75) is 50.1 Å². The summed E-state index contributed by atoms with van der Waals surface area (Å²) in [6.07, 6.45) is -10.9. The SMILES string of the molecule is C1C[NH+]2CC[NH+]1CC2.C1C[NH+]2CC[NH+]1CC2.O=C(O)C[C@@H](O)C(=O)[O-].O=C(O)C[C@@H](O)C(=O)[O-].O=C(O)C[C@@H](O)C(=O)[O-].O=C(O)C[C@@H](O)C(=O)[O-]. The lowest BCUT2D eigenvalue weighted by Crippen LogP contribution is -3.35. The van der Waals surface area contributed by atoms with Gasteiger partial charge >= 0.3 is 23.9 Å². The lowest BCUT2D eigenvalue weighted by atomic mass is 10.2. The maximum absolute atomic E-state index is 9.66. The Kier molecular flexibility index (Phi) is 25.9. The summed E-state index contributed by atoms with van der Waals surface area (Å²) in [4.78, 5) is 84.5. The second kappa shape index (κ2) is 27.1. The molecule has 4 atom stereocenters. The second-order valence-corrected chi connectivity index (χ2v) is 11.7. The summed E-state index contributed by atoms with van der Waals surface area (Å²) in [7, 11) is 0. The minimum absolute atomic E-state index is 0.817. The normalized spacial score (nSPS) is 22.5. The lowest BCUT2D eigenvalue weighted by molar-refractivity contribution is -1.06. The Hall–Kier alpha value is -4.56. The maximum atomic E-state index is 9.66. The van der Waals surface area contributed by atoms with E-state index in [4.69, 9.17) is 40.9 Å². The molecule has 0 radical (unpaired) electrons. The zero-order valence-electron chi connectivity index (χ0n) is 28.1. The Morgan fingerprint density at radius 2 is 0.462 bits per heavy atom. The van der Waals surface area contributed by atoms with E-state index < -0.39 is 97.9 Å². The van der Waals surface area contributed by atoms with Gasteiger partial charge < -0.3 is 100 Å². The lowest BCUT2D eigenvalue weighted by Gasteiger charge is -2.35. The first-order chi connectivity index (χ1) is 24.0. The van der Waals surface area contributed by atoms with Crippen molar-refractivity contribution < 1.29 is 119 Å². The van der Waals surface area contributed by atoms with Crippen LogP contribution in [-0.4, -0.2) is 192 Å². The quantitative estimate of drug-likeness (QED) is 0.0878. The fourth-order valence-corrected chi connectivity index (χ4v) is 4.62. The van der Waals surface area contributed by atoms with E-state index in [1.54, 1.807) is 0 Å². The molecule has 0 aromatic rings. The molecule has 0 aliphatic carbocycles. The van der Waals surface area contributed by atoms with Crippen LogP contribution in [0.1, 0.15) is 25.7 Å². The summed E-state index contributed by atoms with van der Waals surface area (Å²) >= 11 is 0. The molecule has 6 saturated heterocycles. The molecule has 52 heavy (non-hydrogen) atoms. The van der Waals surface area contributed by atoms with Crippen LogP contribution in [0.15, 0.2) is 0 Å². The van der Waals surface area contributed by atoms with E-state index in [0.717, 1.165) is 0 Å². The number of aliphatic hydroxyl groups is 4. The molecule has 24 heteroatoms. The number of carbonyl (C=O) groups is 8. The van der Waals surface area contributed by atoms with E-state index in [-0.39, 0.29) is 0 Å². The molecule has 6 aliphatic rings. The van der Waals surface area contributed by atoms with Crippen molar-refractivity contribution in [3.8, 4) is 0 Å². The van der Waals surface area contributed by atoms with Crippen molar-refractivity contribution >= 4 is 47.8 Å². The smallest absolute Gasteiger partial charge is 0.306 e. The summed E-state index contributed by atoms with van der Waals surface area (Å²) < 4.78 is 0. The molecule has 6 aliphatic heterocycles. The minimum atomic E-state index is -1.90. The molecule has 6 heterocycles. The third-order valence-electron chi connectivity index (χ3n) is 7.55. The summed E-state index contributed by atoms with van der Waals surface area (Å²) in [5, 5.41) is 103. The molecule has 0 spiro atoms. The predicted octanol–water partition coefficient (Wildman–Crippen LogP) is -16.1. The average molecular weight is 761 g/mol. The number of rotatable bonds is 12. The number of hydrogen-bond acceptors (Lipinski definition) is 16. The average Bonchev–Trinajstić information content (AvgIpc) is 3.07. The number of hydrogen-bond donors (Lipinski definition) is 12. The van der Waals surface area contributed by atoms with Gasteiger partial charge in [-0.15, -0.1) is 0 Å². The molecule has 24 nitrogen and oxygen atoms in total. The third kappa shape index (κ3) is 27.2. The first-order valence-electron chi connectivity index (χ1n) is 15.8. The summed E-state index contributed by atoms with van der Waals surface area (Å²) in [6.45, 7) is 17.3. The Bertz CT molecular complexity index is 958. The first kappa shape index (κ1) is 49.6. The van der Waals surface area contributed by atoms with Crippen LogP contribution in [0, 0.1) is 0 Å². The van der Waals surface area contributed by atoms with Crippen LogP contribution < -0.4 is 40.0 Å². The highest BCUT2D eigenvalue weighted by molar-refractivity contribution is 5.79. The van der Waals surface area contributed by atoms with Crippen LogP contribution >= 0.6 is 0 Å². The predicted molar refractivity (Wildman–Crippen MR) is 155 cm³/mol. The van der Waals surface area contributed by atoms with E-state index >= 15 is 0 Å². The van der Waals surface area contributed by atoms with Crippen molar-refractivity contribution in [2.24, 2.45) is 0 Å². The van der Waals surface area contributed by atoms with Crippen molar-refractivity contribution in [3.63, 3.8) is 0 Å². The highest BCUT2D eigenvalue weighted by Gasteiger charge is 2.30. The number of quaternary nitrogens is 4. The zero-order chi connectivity index (χ0) is 40.6. The van der Waals surface area contributed by atoms with Gasteiger partial charge in [-0.05, 0) is 0 Å². The highest BCUT2D eigenvalue weighted by atomic mass is 16.4. The molecule has 0 unspecified atom stereocenters. The van der Waals surface area contributed by atoms with E-state index in [0.29, 0.717) is 0 Å². The van der Waals surface area contributed by atoms with Crippen molar-refractivity contribution in [2.75, 3.05) is 78.5 Å². The van der Waals surface area contributed by atoms with Gasteiger partial charge in [-0.25, -0.2) is 0 Å².